The van der Waals surface area contributed by atoms with E-state index in [0.29, 0.717) is 24.0 Å². The lowest BCUT2D eigenvalue weighted by molar-refractivity contribution is 0.0195. The van der Waals surface area contributed by atoms with Gasteiger partial charge in [-0.3, -0.25) is 0 Å². The molecule has 1 nitrogen and oxygen atoms in total. The predicted molar refractivity (Wildman–Crippen MR) is 154 cm³/mol. The number of benzene rings is 2. The zero-order chi connectivity index (χ0) is 25.5. The summed E-state index contributed by atoms with van der Waals surface area (Å²) >= 11 is 0. The van der Waals surface area contributed by atoms with E-state index < -0.39 is 0 Å². The standard InChI is InChI=1S/C18H22.C16H32O/c1-15(13-17-9-5-3-6-10-17)16(2)14-18-11-7-4-8-12-18;1-5-7-9-11-15-13(3)14(4)16(17-15)12-10-8-6-2/h3-12,15-16H,13-14H2,1-2H3;13-16H,5-12H2,1-4H3. The van der Waals surface area contributed by atoms with E-state index in [1.54, 1.807) is 0 Å². The molecule has 2 aromatic carbocycles. The maximum atomic E-state index is 6.28. The number of hydrogen-bond acceptors (Lipinski definition) is 1. The Hall–Kier alpha value is -1.60. The zero-order valence-electron chi connectivity index (χ0n) is 23.7. The van der Waals surface area contributed by atoms with Crippen LogP contribution >= 0.6 is 0 Å². The van der Waals surface area contributed by atoms with Crippen LogP contribution in [0.4, 0.5) is 0 Å². The summed E-state index contributed by atoms with van der Waals surface area (Å²) in [5.74, 6) is 2.96. The minimum Gasteiger partial charge on any atom is -0.374 e. The van der Waals surface area contributed by atoms with Crippen molar-refractivity contribution in [2.75, 3.05) is 0 Å². The second-order valence-corrected chi connectivity index (χ2v) is 11.3. The van der Waals surface area contributed by atoms with Gasteiger partial charge >= 0.3 is 0 Å². The first-order valence-electron chi connectivity index (χ1n) is 14.7. The Morgan fingerprint density at radius 1 is 0.600 bits per heavy atom. The van der Waals surface area contributed by atoms with E-state index in [2.05, 4.69) is 102 Å². The first-order valence-corrected chi connectivity index (χ1v) is 14.7. The Labute approximate surface area is 218 Å². The van der Waals surface area contributed by atoms with E-state index in [9.17, 15) is 0 Å². The van der Waals surface area contributed by atoms with Gasteiger partial charge in [-0.1, -0.05) is 141 Å². The molecule has 0 saturated carbocycles. The second-order valence-electron chi connectivity index (χ2n) is 11.3. The van der Waals surface area contributed by atoms with Crippen LogP contribution in [0.15, 0.2) is 60.7 Å². The van der Waals surface area contributed by atoms with Crippen molar-refractivity contribution in [3.8, 4) is 0 Å². The molecule has 0 amide bonds. The van der Waals surface area contributed by atoms with Gasteiger partial charge in [-0.25, -0.2) is 0 Å². The van der Waals surface area contributed by atoms with Crippen molar-refractivity contribution in [2.45, 2.75) is 118 Å². The van der Waals surface area contributed by atoms with Crippen LogP contribution < -0.4 is 0 Å². The summed E-state index contributed by atoms with van der Waals surface area (Å²) in [5, 5.41) is 0. The molecule has 1 fully saturated rings. The number of ether oxygens (including phenoxy) is 1. The summed E-state index contributed by atoms with van der Waals surface area (Å²) < 4.78 is 6.28. The zero-order valence-corrected chi connectivity index (χ0v) is 23.7. The third-order valence-electron chi connectivity index (χ3n) is 8.31. The molecule has 6 atom stereocenters. The maximum absolute atomic E-state index is 6.28. The largest absolute Gasteiger partial charge is 0.374 e. The molecule has 3 rings (SSSR count). The van der Waals surface area contributed by atoms with E-state index in [-0.39, 0.29) is 0 Å². The first-order chi connectivity index (χ1) is 17.0. The topological polar surface area (TPSA) is 9.23 Å². The molecule has 2 aromatic rings. The minimum absolute atomic E-state index is 0.545. The third kappa shape index (κ3) is 10.9. The van der Waals surface area contributed by atoms with Crippen molar-refractivity contribution in [3.63, 3.8) is 0 Å². The summed E-state index contributed by atoms with van der Waals surface area (Å²) in [6.45, 7) is 14.0. The molecule has 1 aliphatic rings. The highest BCUT2D eigenvalue weighted by atomic mass is 16.5. The first kappa shape index (κ1) is 29.6. The van der Waals surface area contributed by atoms with Crippen LogP contribution in [0.3, 0.4) is 0 Å². The summed E-state index contributed by atoms with van der Waals surface area (Å²) in [7, 11) is 0. The van der Waals surface area contributed by atoms with Gasteiger partial charge in [-0.2, -0.15) is 0 Å². The van der Waals surface area contributed by atoms with Crippen LogP contribution in [0.5, 0.6) is 0 Å². The Morgan fingerprint density at radius 3 is 1.31 bits per heavy atom. The van der Waals surface area contributed by atoms with E-state index in [4.69, 9.17) is 4.74 Å². The molecule has 35 heavy (non-hydrogen) atoms. The van der Waals surface area contributed by atoms with E-state index >= 15 is 0 Å². The van der Waals surface area contributed by atoms with Crippen LogP contribution in [-0.4, -0.2) is 12.2 Å². The smallest absolute Gasteiger partial charge is 0.0608 e. The highest BCUT2D eigenvalue weighted by Gasteiger charge is 2.37. The molecule has 1 saturated heterocycles. The lowest BCUT2D eigenvalue weighted by Gasteiger charge is -2.20. The van der Waals surface area contributed by atoms with Crippen LogP contribution in [0.25, 0.3) is 0 Å². The minimum atomic E-state index is 0.545. The average Bonchev–Trinajstić information content (AvgIpc) is 3.14. The van der Waals surface area contributed by atoms with Gasteiger partial charge in [0.05, 0.1) is 12.2 Å². The molecule has 6 unspecified atom stereocenters. The highest BCUT2D eigenvalue weighted by molar-refractivity contribution is 5.17. The van der Waals surface area contributed by atoms with Crippen molar-refractivity contribution >= 4 is 0 Å². The van der Waals surface area contributed by atoms with Gasteiger partial charge in [0.25, 0.3) is 0 Å². The van der Waals surface area contributed by atoms with Crippen molar-refractivity contribution in [2.24, 2.45) is 23.7 Å². The van der Waals surface area contributed by atoms with E-state index in [0.717, 1.165) is 11.8 Å². The van der Waals surface area contributed by atoms with E-state index in [1.807, 2.05) is 0 Å². The highest BCUT2D eigenvalue weighted by Crippen LogP contribution is 2.37. The molecule has 0 bridgehead atoms. The van der Waals surface area contributed by atoms with Crippen LogP contribution in [0, 0.1) is 23.7 Å². The Morgan fingerprint density at radius 2 is 0.971 bits per heavy atom. The quantitative estimate of drug-likeness (QED) is 0.260. The predicted octanol–water partition coefficient (Wildman–Crippen LogP) is 9.93. The molecular formula is C34H54O. The molecule has 0 aliphatic carbocycles. The van der Waals surface area contributed by atoms with Gasteiger partial charge in [-0.05, 0) is 60.5 Å². The fraction of sp³-hybridized carbons (Fsp3) is 0.647. The van der Waals surface area contributed by atoms with Gasteiger partial charge in [0.2, 0.25) is 0 Å². The molecule has 0 aromatic heterocycles. The Balaban J connectivity index is 0.000000247. The van der Waals surface area contributed by atoms with Gasteiger partial charge < -0.3 is 4.74 Å². The normalized spacial score (nSPS) is 23.4. The molecule has 0 radical (unpaired) electrons. The van der Waals surface area contributed by atoms with Gasteiger partial charge in [0, 0.05) is 0 Å². The second kappa shape index (κ2) is 17.0. The molecule has 0 spiro atoms. The van der Waals surface area contributed by atoms with Crippen molar-refractivity contribution in [1.82, 2.24) is 0 Å². The summed E-state index contributed by atoms with van der Waals surface area (Å²) in [6.07, 6.45) is 14.1. The number of hydrogen-bond donors (Lipinski definition) is 0. The van der Waals surface area contributed by atoms with Gasteiger partial charge in [-0.15, -0.1) is 0 Å². The fourth-order valence-corrected chi connectivity index (χ4v) is 5.38. The van der Waals surface area contributed by atoms with Crippen molar-refractivity contribution < 1.29 is 4.74 Å². The Bertz CT molecular complexity index is 689. The van der Waals surface area contributed by atoms with Gasteiger partial charge in [0.1, 0.15) is 0 Å². The molecular weight excluding hydrogens is 424 g/mol. The molecule has 1 heterocycles. The van der Waals surface area contributed by atoms with Crippen LogP contribution in [0.2, 0.25) is 0 Å². The SMILES string of the molecule is CC(Cc1ccccc1)C(C)Cc1ccccc1.CCCCCC1OC(CCCCC)C(C)C1C. The van der Waals surface area contributed by atoms with Crippen molar-refractivity contribution in [3.05, 3.63) is 71.8 Å². The number of rotatable bonds is 13. The lowest BCUT2D eigenvalue weighted by atomic mass is 9.85. The number of unbranched alkanes of at least 4 members (excludes halogenated alkanes) is 4. The third-order valence-corrected chi connectivity index (χ3v) is 8.31. The summed E-state index contributed by atoms with van der Waals surface area (Å²) in [4.78, 5) is 0. The van der Waals surface area contributed by atoms with Crippen molar-refractivity contribution in [1.29, 1.82) is 0 Å². The summed E-state index contributed by atoms with van der Waals surface area (Å²) in [5.41, 5.74) is 2.90. The molecule has 196 valence electrons. The monoisotopic (exact) mass is 478 g/mol. The fourth-order valence-electron chi connectivity index (χ4n) is 5.38. The Kier molecular flexibility index (Phi) is 14.4. The average molecular weight is 479 g/mol. The van der Waals surface area contributed by atoms with Crippen LogP contribution in [-0.2, 0) is 17.6 Å². The molecule has 1 heteroatoms. The maximum Gasteiger partial charge on any atom is 0.0608 e. The summed E-state index contributed by atoms with van der Waals surface area (Å²) in [6, 6.07) is 21.6. The van der Waals surface area contributed by atoms with E-state index in [1.165, 1.54) is 75.3 Å². The lowest BCUT2D eigenvalue weighted by Crippen LogP contribution is -2.16. The van der Waals surface area contributed by atoms with Gasteiger partial charge in [0.15, 0.2) is 0 Å². The van der Waals surface area contributed by atoms with Crippen LogP contribution in [0.1, 0.15) is 104 Å². The molecule has 0 N–H and O–H groups in total. The molecule has 1 aliphatic heterocycles.